The van der Waals surface area contributed by atoms with Crippen LogP contribution >= 0.6 is 34.8 Å². The number of aromatic nitrogens is 3. The van der Waals surface area contributed by atoms with Gasteiger partial charge in [-0.05, 0) is 25.7 Å². The molecule has 1 heterocycles. The van der Waals surface area contributed by atoms with Crippen LogP contribution in [0.2, 0.25) is 0 Å². The van der Waals surface area contributed by atoms with Crippen molar-refractivity contribution < 1.29 is 4.79 Å². The largest absolute Gasteiger partial charge is 0.333 e. The van der Waals surface area contributed by atoms with Crippen LogP contribution in [-0.4, -0.2) is 30.5 Å². The number of carbonyl (C=O) groups is 1. The lowest BCUT2D eigenvalue weighted by Crippen LogP contribution is -2.49. The number of nitrogens with one attached hydrogen (secondary N) is 1. The van der Waals surface area contributed by atoms with E-state index in [9.17, 15) is 9.59 Å². The van der Waals surface area contributed by atoms with Crippen LogP contribution < -0.4 is 16.6 Å². The fourth-order valence-electron chi connectivity index (χ4n) is 5.09. The number of halogens is 3. The van der Waals surface area contributed by atoms with Crippen molar-refractivity contribution in [1.29, 1.82) is 0 Å². The number of benzene rings is 1. The Kier molecular flexibility index (Phi) is 8.38. The van der Waals surface area contributed by atoms with E-state index in [0.717, 1.165) is 63.4 Å². The Morgan fingerprint density at radius 2 is 1.50 bits per heavy atom. The molecular formula is C24H30Cl3N5O2. The number of amides is 1. The number of nitrogens with zero attached hydrogens (tertiary/aromatic N) is 4. The van der Waals surface area contributed by atoms with Crippen molar-refractivity contribution in [2.45, 2.75) is 86.3 Å². The lowest BCUT2D eigenvalue weighted by atomic mass is 9.94. The number of hydrogen-bond donors (Lipinski definition) is 1. The number of rotatable bonds is 6. The van der Waals surface area contributed by atoms with E-state index in [0.29, 0.717) is 12.2 Å². The van der Waals surface area contributed by atoms with Gasteiger partial charge in [-0.3, -0.25) is 13.9 Å². The minimum atomic E-state index is -1.90. The van der Waals surface area contributed by atoms with Crippen molar-refractivity contribution in [3.63, 3.8) is 0 Å². The molecule has 2 aliphatic carbocycles. The molecule has 1 amide bonds. The van der Waals surface area contributed by atoms with Crippen molar-refractivity contribution in [2.75, 3.05) is 0 Å². The second kappa shape index (κ2) is 11.3. The van der Waals surface area contributed by atoms with Crippen molar-refractivity contribution in [1.82, 2.24) is 19.4 Å². The first-order valence-electron chi connectivity index (χ1n) is 12.0. The van der Waals surface area contributed by atoms with Gasteiger partial charge in [-0.2, -0.15) is 4.98 Å². The number of hydrogen-bond acceptors (Lipinski definition) is 4. The molecule has 1 N–H and O–H groups in total. The first-order chi connectivity index (χ1) is 16.4. The maximum Gasteiger partial charge on any atom is 0.333 e. The fourth-order valence-corrected chi connectivity index (χ4v) is 5.42. The summed E-state index contributed by atoms with van der Waals surface area (Å²) in [5, 5.41) is 2.45. The van der Waals surface area contributed by atoms with Crippen molar-refractivity contribution in [3.05, 3.63) is 46.4 Å². The van der Waals surface area contributed by atoms with Gasteiger partial charge in [-0.25, -0.2) is 9.79 Å². The van der Waals surface area contributed by atoms with Crippen molar-refractivity contribution >= 4 is 41.2 Å². The lowest BCUT2D eigenvalue weighted by Gasteiger charge is -2.30. The molecule has 2 saturated carbocycles. The molecule has 0 spiro atoms. The molecule has 10 heteroatoms. The van der Waals surface area contributed by atoms with Crippen molar-refractivity contribution in [2.24, 2.45) is 4.99 Å². The third kappa shape index (κ3) is 5.69. The van der Waals surface area contributed by atoms with Gasteiger partial charge in [0.1, 0.15) is 5.82 Å². The highest BCUT2D eigenvalue weighted by Crippen LogP contribution is 2.32. The zero-order valence-corrected chi connectivity index (χ0v) is 21.3. The average molecular weight is 527 g/mol. The van der Waals surface area contributed by atoms with Gasteiger partial charge < -0.3 is 5.32 Å². The third-order valence-corrected chi connectivity index (χ3v) is 7.37. The van der Waals surface area contributed by atoms with Gasteiger partial charge in [0.05, 0.1) is 0 Å². The van der Waals surface area contributed by atoms with Gasteiger partial charge in [0.25, 0.3) is 0 Å². The quantitative estimate of drug-likeness (QED) is 0.422. The normalized spacial score (nSPS) is 19.7. The van der Waals surface area contributed by atoms with Crippen LogP contribution in [-0.2, 0) is 4.79 Å². The van der Waals surface area contributed by atoms with E-state index in [1.807, 2.05) is 34.9 Å². The van der Waals surface area contributed by atoms with Crippen LogP contribution in [0.5, 0.6) is 0 Å². The zero-order valence-electron chi connectivity index (χ0n) is 19.0. The van der Waals surface area contributed by atoms with Crippen LogP contribution in [0.3, 0.4) is 0 Å². The van der Waals surface area contributed by atoms with Gasteiger partial charge in [0, 0.05) is 17.6 Å². The predicted octanol–water partition coefficient (Wildman–Crippen LogP) is 5.07. The Morgan fingerprint density at radius 3 is 2.03 bits per heavy atom. The Morgan fingerprint density at radius 1 is 0.941 bits per heavy atom. The van der Waals surface area contributed by atoms with Crippen LogP contribution in [0, 0.1) is 0 Å². The summed E-state index contributed by atoms with van der Waals surface area (Å²) in [5.41, 5.74) is 0.861. The molecule has 2 aliphatic rings. The standard InChI is InChI=1S/C24H30Cl3N5O2/c25-24(26,27)21(28-16-33)30-22-29-20(17-10-4-1-5-11-17)31(18-12-6-2-7-13-18)23(34)32(22)19-14-8-3-9-15-19/h1,4-5,10-11,16,18-19,21H,2-3,6-9,12-15H2,(H,28,33)/b30-22+. The second-order valence-corrected chi connectivity index (χ2v) is 11.4. The van der Waals surface area contributed by atoms with Gasteiger partial charge in [-0.1, -0.05) is 104 Å². The van der Waals surface area contributed by atoms with Crippen molar-refractivity contribution in [3.8, 4) is 11.4 Å². The summed E-state index contributed by atoms with van der Waals surface area (Å²) in [7, 11) is 0. The summed E-state index contributed by atoms with van der Waals surface area (Å²) in [5.74, 6) is 0.553. The second-order valence-electron chi connectivity index (χ2n) is 9.07. The van der Waals surface area contributed by atoms with Gasteiger partial charge >= 0.3 is 5.69 Å². The molecule has 0 bridgehead atoms. The molecule has 7 nitrogen and oxygen atoms in total. The molecule has 0 aliphatic heterocycles. The molecule has 2 fully saturated rings. The summed E-state index contributed by atoms with van der Waals surface area (Å²) in [6, 6.07) is 9.67. The summed E-state index contributed by atoms with van der Waals surface area (Å²) in [6.07, 6.45) is 9.38. The summed E-state index contributed by atoms with van der Waals surface area (Å²) in [4.78, 5) is 34.9. The highest BCUT2D eigenvalue weighted by Gasteiger charge is 2.33. The zero-order chi connectivity index (χ0) is 24.1. The molecule has 1 aromatic carbocycles. The minimum absolute atomic E-state index is 0.0422. The molecule has 1 unspecified atom stereocenters. The monoisotopic (exact) mass is 525 g/mol. The third-order valence-electron chi connectivity index (χ3n) is 6.75. The molecule has 184 valence electrons. The van der Waals surface area contributed by atoms with Crippen LogP contribution in [0.1, 0.15) is 76.3 Å². The maximum atomic E-state index is 14.2. The van der Waals surface area contributed by atoms with Gasteiger partial charge in [-0.15, -0.1) is 0 Å². The molecular weight excluding hydrogens is 497 g/mol. The summed E-state index contributed by atoms with van der Waals surface area (Å²) >= 11 is 18.3. The Balaban J connectivity index is 2.00. The highest BCUT2D eigenvalue weighted by atomic mass is 35.6. The maximum absolute atomic E-state index is 14.2. The molecule has 0 saturated heterocycles. The first-order valence-corrected chi connectivity index (χ1v) is 13.1. The van der Waals surface area contributed by atoms with Crippen LogP contribution in [0.4, 0.5) is 0 Å². The molecule has 0 radical (unpaired) electrons. The SMILES string of the molecule is O=CNC(/N=c1\nc(-c2ccccc2)n(C2CCCCC2)c(=O)n1C1CCCCC1)C(Cl)(Cl)Cl. The minimum Gasteiger partial charge on any atom is -0.333 e. The first kappa shape index (κ1) is 25.3. The molecule has 4 rings (SSSR count). The number of carbonyl (C=O) groups excluding carboxylic acids is 1. The van der Waals surface area contributed by atoms with Crippen LogP contribution in [0.25, 0.3) is 11.4 Å². The van der Waals surface area contributed by atoms with Gasteiger partial charge in [0.15, 0.2) is 6.17 Å². The smallest absolute Gasteiger partial charge is 0.333 e. The summed E-state index contributed by atoms with van der Waals surface area (Å²) < 4.78 is 1.63. The average Bonchev–Trinajstić information content (AvgIpc) is 2.84. The fraction of sp³-hybridized carbons (Fsp3) is 0.583. The van der Waals surface area contributed by atoms with E-state index in [1.165, 1.54) is 6.42 Å². The predicted molar refractivity (Wildman–Crippen MR) is 135 cm³/mol. The van der Waals surface area contributed by atoms with E-state index < -0.39 is 9.96 Å². The van der Waals surface area contributed by atoms with E-state index in [4.69, 9.17) is 39.8 Å². The van der Waals surface area contributed by atoms with Gasteiger partial charge in [0.2, 0.25) is 15.8 Å². The molecule has 1 atom stereocenters. The molecule has 34 heavy (non-hydrogen) atoms. The topological polar surface area (TPSA) is 81.3 Å². The summed E-state index contributed by atoms with van der Waals surface area (Å²) in [6.45, 7) is 0. The van der Waals surface area contributed by atoms with E-state index >= 15 is 0 Å². The Hall–Kier alpha value is -1.83. The van der Waals surface area contributed by atoms with Crippen LogP contribution in [0.15, 0.2) is 40.1 Å². The Labute approximate surface area is 214 Å². The molecule has 1 aromatic heterocycles. The highest BCUT2D eigenvalue weighted by molar-refractivity contribution is 6.68. The number of alkyl halides is 3. The van der Waals surface area contributed by atoms with E-state index in [1.54, 1.807) is 4.57 Å². The van der Waals surface area contributed by atoms with E-state index in [-0.39, 0.29) is 23.4 Å². The lowest BCUT2D eigenvalue weighted by molar-refractivity contribution is -0.110. The molecule has 2 aromatic rings. The van der Waals surface area contributed by atoms with E-state index in [2.05, 4.69) is 10.3 Å². The Bertz CT molecular complexity index is 1100.